The Morgan fingerprint density at radius 1 is 1.47 bits per heavy atom. The summed E-state index contributed by atoms with van der Waals surface area (Å²) in [5, 5.41) is 0.398. The number of hydrogen-bond acceptors (Lipinski definition) is 3. The lowest BCUT2D eigenvalue weighted by Gasteiger charge is -2.17. The third-order valence-electron chi connectivity index (χ3n) is 2.40. The Morgan fingerprint density at radius 2 is 2.18 bits per heavy atom. The molecule has 94 valence electrons. The van der Waals surface area contributed by atoms with Gasteiger partial charge in [-0.3, -0.25) is 4.79 Å². The highest BCUT2D eigenvalue weighted by atomic mass is 35.5. The van der Waals surface area contributed by atoms with Crippen LogP contribution in [0.1, 0.15) is 37.0 Å². The summed E-state index contributed by atoms with van der Waals surface area (Å²) in [7, 11) is 1.53. The highest BCUT2D eigenvalue weighted by Gasteiger charge is 2.14. The first-order chi connectivity index (χ1) is 8.12. The molecule has 1 aromatic carbocycles. The molecule has 0 heterocycles. The van der Waals surface area contributed by atoms with E-state index in [1.54, 1.807) is 12.1 Å². The van der Waals surface area contributed by atoms with Crippen LogP contribution in [-0.4, -0.2) is 19.5 Å². The summed E-state index contributed by atoms with van der Waals surface area (Å²) < 4.78 is 10.9. The third-order valence-corrected chi connectivity index (χ3v) is 2.68. The van der Waals surface area contributed by atoms with E-state index in [1.807, 2.05) is 6.92 Å². The van der Waals surface area contributed by atoms with Gasteiger partial charge in [0.05, 0.1) is 18.2 Å². The number of carbonyl (C=O) groups is 1. The summed E-state index contributed by atoms with van der Waals surface area (Å²) in [5.74, 6) is 0.989. The lowest BCUT2D eigenvalue weighted by atomic mass is 10.2. The second kappa shape index (κ2) is 6.50. The second-order valence-corrected chi connectivity index (χ2v) is 4.28. The molecule has 0 N–H and O–H groups in total. The molecule has 4 heteroatoms. The molecule has 0 radical (unpaired) electrons. The van der Waals surface area contributed by atoms with E-state index in [0.717, 1.165) is 19.1 Å². The minimum atomic E-state index is 0.0634. The summed E-state index contributed by atoms with van der Waals surface area (Å²) in [5.41, 5.74) is 0.474. The van der Waals surface area contributed by atoms with Gasteiger partial charge in [-0.15, -0.1) is 0 Å². The number of hydrogen-bond donors (Lipinski definition) is 0. The van der Waals surface area contributed by atoms with Gasteiger partial charge in [-0.05, 0) is 25.5 Å². The Morgan fingerprint density at radius 3 is 2.71 bits per heavy atom. The van der Waals surface area contributed by atoms with E-state index in [-0.39, 0.29) is 6.10 Å². The number of carbonyl (C=O) groups excluding carboxylic acids is 1. The van der Waals surface area contributed by atoms with Crippen molar-refractivity contribution in [3.05, 3.63) is 22.7 Å². The van der Waals surface area contributed by atoms with E-state index in [0.29, 0.717) is 22.1 Å². The minimum absolute atomic E-state index is 0.0634. The molecule has 0 aromatic heterocycles. The molecule has 0 saturated carbocycles. The number of ether oxygens (including phenoxy) is 2. The van der Waals surface area contributed by atoms with Crippen molar-refractivity contribution in [3.8, 4) is 11.5 Å². The van der Waals surface area contributed by atoms with Gasteiger partial charge in [-0.2, -0.15) is 0 Å². The van der Waals surface area contributed by atoms with Crippen LogP contribution < -0.4 is 9.47 Å². The maximum atomic E-state index is 10.7. The molecular weight excluding hydrogens is 240 g/mol. The molecule has 0 aliphatic rings. The predicted octanol–water partition coefficient (Wildman–Crippen LogP) is 3.73. The number of rotatable bonds is 6. The minimum Gasteiger partial charge on any atom is -0.493 e. The van der Waals surface area contributed by atoms with Gasteiger partial charge in [0.25, 0.3) is 0 Å². The summed E-state index contributed by atoms with van der Waals surface area (Å²) in [6.45, 7) is 4.07. The zero-order valence-corrected chi connectivity index (χ0v) is 11.1. The molecule has 0 bridgehead atoms. The lowest BCUT2D eigenvalue weighted by Crippen LogP contribution is -2.12. The number of halogens is 1. The normalized spacial score (nSPS) is 12.0. The lowest BCUT2D eigenvalue weighted by molar-refractivity contribution is 0.112. The molecule has 0 aliphatic heterocycles. The van der Waals surface area contributed by atoms with Crippen LogP contribution in [0, 0.1) is 0 Å². The Kier molecular flexibility index (Phi) is 5.29. The van der Waals surface area contributed by atoms with Gasteiger partial charge in [0, 0.05) is 5.56 Å². The summed E-state index contributed by atoms with van der Waals surface area (Å²) in [4.78, 5) is 10.7. The maximum absolute atomic E-state index is 10.7. The molecule has 0 saturated heterocycles. The quantitative estimate of drug-likeness (QED) is 0.728. The topological polar surface area (TPSA) is 35.5 Å². The molecule has 0 amide bonds. The first kappa shape index (κ1) is 13.8. The van der Waals surface area contributed by atoms with E-state index in [1.165, 1.54) is 7.11 Å². The Labute approximate surface area is 107 Å². The van der Waals surface area contributed by atoms with Gasteiger partial charge in [0.1, 0.15) is 6.29 Å². The Bertz CT molecular complexity index is 390. The SMILES string of the molecule is CCCC(C)Oc1c(Cl)cc(C=O)cc1OC. The van der Waals surface area contributed by atoms with Crippen molar-refractivity contribution in [3.63, 3.8) is 0 Å². The Balaban J connectivity index is 3.01. The second-order valence-electron chi connectivity index (χ2n) is 3.87. The van der Waals surface area contributed by atoms with Gasteiger partial charge in [-0.1, -0.05) is 24.9 Å². The highest BCUT2D eigenvalue weighted by molar-refractivity contribution is 6.32. The molecule has 17 heavy (non-hydrogen) atoms. The largest absolute Gasteiger partial charge is 0.493 e. The number of benzene rings is 1. The fourth-order valence-corrected chi connectivity index (χ4v) is 1.85. The fourth-order valence-electron chi connectivity index (χ4n) is 1.59. The van der Waals surface area contributed by atoms with Gasteiger partial charge in [-0.25, -0.2) is 0 Å². The highest BCUT2D eigenvalue weighted by Crippen LogP contribution is 2.37. The maximum Gasteiger partial charge on any atom is 0.180 e. The number of methoxy groups -OCH3 is 1. The average molecular weight is 257 g/mol. The molecule has 0 spiro atoms. The van der Waals surface area contributed by atoms with Crippen LogP contribution in [0.25, 0.3) is 0 Å². The van der Waals surface area contributed by atoms with Crippen molar-refractivity contribution in [1.82, 2.24) is 0 Å². The monoisotopic (exact) mass is 256 g/mol. The van der Waals surface area contributed by atoms with Crippen molar-refractivity contribution in [2.24, 2.45) is 0 Å². The number of aldehydes is 1. The van der Waals surface area contributed by atoms with E-state index >= 15 is 0 Å². The summed E-state index contributed by atoms with van der Waals surface area (Å²) in [6, 6.07) is 3.19. The van der Waals surface area contributed by atoms with Gasteiger partial charge in [0.15, 0.2) is 11.5 Å². The molecule has 1 rings (SSSR count). The Hall–Kier alpha value is -1.22. The molecule has 0 fully saturated rings. The molecule has 1 aromatic rings. The van der Waals surface area contributed by atoms with Crippen molar-refractivity contribution in [1.29, 1.82) is 0 Å². The van der Waals surface area contributed by atoms with Crippen LogP contribution >= 0.6 is 11.6 Å². The van der Waals surface area contributed by atoms with Crippen LogP contribution in [0.5, 0.6) is 11.5 Å². The van der Waals surface area contributed by atoms with Crippen molar-refractivity contribution < 1.29 is 14.3 Å². The molecule has 0 aliphatic carbocycles. The van der Waals surface area contributed by atoms with Crippen LogP contribution in [-0.2, 0) is 0 Å². The molecule has 1 unspecified atom stereocenters. The van der Waals surface area contributed by atoms with Crippen molar-refractivity contribution >= 4 is 17.9 Å². The molecule has 3 nitrogen and oxygen atoms in total. The van der Waals surface area contributed by atoms with Gasteiger partial charge >= 0.3 is 0 Å². The van der Waals surface area contributed by atoms with E-state index in [9.17, 15) is 4.79 Å². The zero-order chi connectivity index (χ0) is 12.8. The standard InChI is InChI=1S/C13H17ClO3/c1-4-5-9(2)17-13-11(14)6-10(8-15)7-12(13)16-3/h6-9H,4-5H2,1-3H3. The van der Waals surface area contributed by atoms with Crippen LogP contribution in [0.15, 0.2) is 12.1 Å². The van der Waals surface area contributed by atoms with Crippen molar-refractivity contribution in [2.45, 2.75) is 32.8 Å². The smallest absolute Gasteiger partial charge is 0.180 e. The molecular formula is C13H17ClO3. The van der Waals surface area contributed by atoms with E-state index in [4.69, 9.17) is 21.1 Å². The third kappa shape index (κ3) is 3.63. The predicted molar refractivity (Wildman–Crippen MR) is 68.4 cm³/mol. The van der Waals surface area contributed by atoms with Gasteiger partial charge < -0.3 is 9.47 Å². The first-order valence-corrected chi connectivity index (χ1v) is 5.99. The average Bonchev–Trinajstić information content (AvgIpc) is 2.31. The van der Waals surface area contributed by atoms with Crippen LogP contribution in [0.4, 0.5) is 0 Å². The van der Waals surface area contributed by atoms with Crippen LogP contribution in [0.3, 0.4) is 0 Å². The fraction of sp³-hybridized carbons (Fsp3) is 0.462. The summed E-state index contributed by atoms with van der Waals surface area (Å²) in [6.07, 6.45) is 2.77. The van der Waals surface area contributed by atoms with Crippen molar-refractivity contribution in [2.75, 3.05) is 7.11 Å². The molecule has 1 atom stereocenters. The van der Waals surface area contributed by atoms with E-state index < -0.39 is 0 Å². The van der Waals surface area contributed by atoms with Gasteiger partial charge in [0.2, 0.25) is 0 Å². The van der Waals surface area contributed by atoms with E-state index in [2.05, 4.69) is 6.92 Å². The summed E-state index contributed by atoms with van der Waals surface area (Å²) >= 11 is 6.07. The first-order valence-electron chi connectivity index (χ1n) is 5.61. The van der Waals surface area contributed by atoms with Crippen LogP contribution in [0.2, 0.25) is 5.02 Å². The zero-order valence-electron chi connectivity index (χ0n) is 10.3.